The minimum absolute atomic E-state index is 0.178. The largest absolute Gasteiger partial charge is 0.491 e. The van der Waals surface area contributed by atoms with Crippen LogP contribution in [0.25, 0.3) is 0 Å². The van der Waals surface area contributed by atoms with Gasteiger partial charge in [-0.2, -0.15) is 0 Å². The number of benzene rings is 1. The zero-order chi connectivity index (χ0) is 13.3. The molecule has 1 heterocycles. The molecular formula is C12H16BrN3O2. The van der Waals surface area contributed by atoms with Gasteiger partial charge in [0.15, 0.2) is 0 Å². The van der Waals surface area contributed by atoms with Crippen LogP contribution in [0.1, 0.15) is 11.6 Å². The van der Waals surface area contributed by atoms with Crippen molar-refractivity contribution in [2.75, 3.05) is 32.6 Å². The van der Waals surface area contributed by atoms with Gasteiger partial charge in [0, 0.05) is 23.9 Å². The summed E-state index contributed by atoms with van der Waals surface area (Å²) in [5.41, 5.74) is 7.30. The van der Waals surface area contributed by atoms with Crippen LogP contribution in [0, 0.1) is 0 Å². The van der Waals surface area contributed by atoms with Gasteiger partial charge in [-0.1, -0.05) is 0 Å². The number of ether oxygens (including phenoxy) is 1. The van der Waals surface area contributed by atoms with E-state index in [1.54, 1.807) is 6.07 Å². The Hall–Kier alpha value is -1.11. The summed E-state index contributed by atoms with van der Waals surface area (Å²) in [5, 5.41) is 2.74. The molecular weight excluding hydrogens is 298 g/mol. The van der Waals surface area contributed by atoms with Crippen LogP contribution in [0.3, 0.4) is 0 Å². The third-order valence-electron chi connectivity index (χ3n) is 2.78. The van der Waals surface area contributed by atoms with Gasteiger partial charge < -0.3 is 20.7 Å². The molecule has 0 bridgehead atoms. The molecule has 18 heavy (non-hydrogen) atoms. The standard InChI is InChI=1S/C12H16BrN3O2/c1-16(2)3-4-18-10-6-9-7(5-8(10)13)11(14)12(17)15-9/h5-6,11H,3-4,14H2,1-2H3,(H,15,17). The number of hydrogen-bond acceptors (Lipinski definition) is 4. The Morgan fingerprint density at radius 2 is 2.22 bits per heavy atom. The number of amides is 1. The first-order valence-electron chi connectivity index (χ1n) is 5.66. The molecule has 1 amide bonds. The van der Waals surface area contributed by atoms with Crippen LogP contribution in [0.2, 0.25) is 0 Å². The zero-order valence-electron chi connectivity index (χ0n) is 10.4. The lowest BCUT2D eigenvalue weighted by atomic mass is 10.1. The third-order valence-corrected chi connectivity index (χ3v) is 3.40. The van der Waals surface area contributed by atoms with Crippen molar-refractivity contribution in [3.63, 3.8) is 0 Å². The van der Waals surface area contributed by atoms with E-state index in [2.05, 4.69) is 21.2 Å². The lowest BCUT2D eigenvalue weighted by molar-refractivity contribution is -0.116. The highest BCUT2D eigenvalue weighted by atomic mass is 79.9. The number of anilines is 1. The maximum atomic E-state index is 11.5. The highest BCUT2D eigenvalue weighted by molar-refractivity contribution is 9.10. The van der Waals surface area contributed by atoms with E-state index in [0.717, 1.165) is 22.3 Å². The van der Waals surface area contributed by atoms with Crippen LogP contribution < -0.4 is 15.8 Å². The van der Waals surface area contributed by atoms with Gasteiger partial charge in [-0.25, -0.2) is 0 Å². The number of halogens is 1. The summed E-state index contributed by atoms with van der Waals surface area (Å²) in [6.07, 6.45) is 0. The summed E-state index contributed by atoms with van der Waals surface area (Å²) >= 11 is 3.43. The molecule has 0 fully saturated rings. The average molecular weight is 314 g/mol. The van der Waals surface area contributed by atoms with Crippen molar-refractivity contribution in [2.45, 2.75) is 6.04 Å². The number of nitrogens with zero attached hydrogens (tertiary/aromatic N) is 1. The van der Waals surface area contributed by atoms with Crippen LogP contribution in [-0.4, -0.2) is 38.1 Å². The number of nitrogens with two attached hydrogens (primary N) is 1. The van der Waals surface area contributed by atoms with Gasteiger partial charge in [0.2, 0.25) is 5.91 Å². The van der Waals surface area contributed by atoms with E-state index in [4.69, 9.17) is 10.5 Å². The van der Waals surface area contributed by atoms with E-state index in [1.807, 2.05) is 25.1 Å². The number of carbonyl (C=O) groups excluding carboxylic acids is 1. The van der Waals surface area contributed by atoms with Crippen molar-refractivity contribution in [1.29, 1.82) is 0 Å². The van der Waals surface area contributed by atoms with Gasteiger partial charge >= 0.3 is 0 Å². The number of hydrogen-bond donors (Lipinski definition) is 2. The first-order chi connectivity index (χ1) is 8.49. The Balaban J connectivity index is 2.14. The molecule has 0 aromatic heterocycles. The molecule has 2 rings (SSSR count). The Kier molecular flexibility index (Phi) is 3.89. The normalized spacial score (nSPS) is 17.8. The fourth-order valence-electron chi connectivity index (χ4n) is 1.73. The molecule has 3 N–H and O–H groups in total. The third kappa shape index (κ3) is 2.66. The Labute approximate surface area is 114 Å². The van der Waals surface area contributed by atoms with Crippen molar-refractivity contribution in [3.8, 4) is 5.75 Å². The van der Waals surface area contributed by atoms with Gasteiger partial charge in [0.25, 0.3) is 0 Å². The van der Waals surface area contributed by atoms with Crippen molar-refractivity contribution in [2.24, 2.45) is 5.73 Å². The smallest absolute Gasteiger partial charge is 0.245 e. The fraction of sp³-hybridized carbons (Fsp3) is 0.417. The first-order valence-corrected chi connectivity index (χ1v) is 6.45. The number of rotatable bonds is 4. The van der Waals surface area contributed by atoms with E-state index in [1.165, 1.54) is 0 Å². The fourth-order valence-corrected chi connectivity index (χ4v) is 2.21. The Morgan fingerprint density at radius 3 is 2.89 bits per heavy atom. The summed E-state index contributed by atoms with van der Waals surface area (Å²) in [6, 6.07) is 3.05. The molecule has 0 aliphatic carbocycles. The highest BCUT2D eigenvalue weighted by Gasteiger charge is 2.28. The molecule has 98 valence electrons. The SMILES string of the molecule is CN(C)CCOc1cc2c(cc1Br)C(N)C(=O)N2. The number of likely N-dealkylation sites (N-methyl/N-ethyl adjacent to an activating group) is 1. The molecule has 5 nitrogen and oxygen atoms in total. The molecule has 1 aromatic rings. The van der Waals surface area contributed by atoms with Gasteiger partial charge in [-0.3, -0.25) is 4.79 Å². The molecule has 1 aliphatic rings. The van der Waals surface area contributed by atoms with Crippen LogP contribution >= 0.6 is 15.9 Å². The van der Waals surface area contributed by atoms with E-state index < -0.39 is 6.04 Å². The summed E-state index contributed by atoms with van der Waals surface area (Å²) in [6.45, 7) is 1.42. The van der Waals surface area contributed by atoms with Crippen molar-refractivity contribution < 1.29 is 9.53 Å². The van der Waals surface area contributed by atoms with Crippen LogP contribution in [0.15, 0.2) is 16.6 Å². The maximum Gasteiger partial charge on any atom is 0.245 e. The maximum absolute atomic E-state index is 11.5. The second-order valence-corrected chi connectivity index (χ2v) is 5.34. The molecule has 1 aromatic carbocycles. The lowest BCUT2D eigenvalue weighted by Gasteiger charge is -2.13. The van der Waals surface area contributed by atoms with Gasteiger partial charge in [0.1, 0.15) is 18.4 Å². The topological polar surface area (TPSA) is 67.6 Å². The molecule has 1 aliphatic heterocycles. The second kappa shape index (κ2) is 5.26. The predicted molar refractivity (Wildman–Crippen MR) is 73.7 cm³/mol. The summed E-state index contributed by atoms with van der Waals surface area (Å²) in [5.74, 6) is 0.535. The molecule has 0 spiro atoms. The first kappa shape index (κ1) is 13.3. The van der Waals surface area contributed by atoms with E-state index in [9.17, 15) is 4.79 Å². The minimum atomic E-state index is -0.591. The number of fused-ring (bicyclic) bond motifs is 1. The highest BCUT2D eigenvalue weighted by Crippen LogP contribution is 2.37. The van der Waals surface area contributed by atoms with Crippen LogP contribution in [0.4, 0.5) is 5.69 Å². The van der Waals surface area contributed by atoms with E-state index >= 15 is 0 Å². The van der Waals surface area contributed by atoms with E-state index in [0.29, 0.717) is 12.4 Å². The van der Waals surface area contributed by atoms with Crippen molar-refractivity contribution >= 4 is 27.5 Å². The van der Waals surface area contributed by atoms with Gasteiger partial charge in [-0.05, 0) is 36.1 Å². The van der Waals surface area contributed by atoms with Crippen molar-refractivity contribution in [3.05, 3.63) is 22.2 Å². The Bertz CT molecular complexity index is 477. The van der Waals surface area contributed by atoms with Crippen LogP contribution in [-0.2, 0) is 4.79 Å². The molecule has 6 heteroatoms. The molecule has 1 atom stereocenters. The predicted octanol–water partition coefficient (Wildman–Crippen LogP) is 1.34. The second-order valence-electron chi connectivity index (χ2n) is 4.49. The zero-order valence-corrected chi connectivity index (χ0v) is 12.0. The summed E-state index contributed by atoms with van der Waals surface area (Å²) in [4.78, 5) is 13.5. The van der Waals surface area contributed by atoms with E-state index in [-0.39, 0.29) is 5.91 Å². The number of carbonyl (C=O) groups is 1. The average Bonchev–Trinajstić information content (AvgIpc) is 2.55. The minimum Gasteiger partial charge on any atom is -0.491 e. The molecule has 0 saturated heterocycles. The van der Waals surface area contributed by atoms with Crippen LogP contribution in [0.5, 0.6) is 5.75 Å². The lowest BCUT2D eigenvalue weighted by Crippen LogP contribution is -2.19. The number of nitrogens with one attached hydrogen (secondary N) is 1. The van der Waals surface area contributed by atoms with Gasteiger partial charge in [0.05, 0.1) is 4.47 Å². The monoisotopic (exact) mass is 313 g/mol. The summed E-state index contributed by atoms with van der Waals surface area (Å²) < 4.78 is 6.47. The molecule has 0 saturated carbocycles. The molecule has 1 unspecified atom stereocenters. The quantitative estimate of drug-likeness (QED) is 0.880. The Morgan fingerprint density at radius 1 is 1.50 bits per heavy atom. The van der Waals surface area contributed by atoms with Gasteiger partial charge in [-0.15, -0.1) is 0 Å². The molecule has 0 radical (unpaired) electrons. The summed E-state index contributed by atoms with van der Waals surface area (Å²) in [7, 11) is 3.97. The van der Waals surface area contributed by atoms with Crippen molar-refractivity contribution in [1.82, 2.24) is 4.90 Å².